The van der Waals surface area contributed by atoms with Crippen LogP contribution in [0.1, 0.15) is 25.3 Å². The van der Waals surface area contributed by atoms with Gasteiger partial charge in [0.05, 0.1) is 6.61 Å². The van der Waals surface area contributed by atoms with Crippen LogP contribution in [-0.2, 0) is 9.53 Å². The molecule has 0 fully saturated rings. The predicted octanol–water partition coefficient (Wildman–Crippen LogP) is 2.31. The molecule has 1 N–H and O–H groups in total. The molecule has 0 aliphatic heterocycles. The van der Waals surface area contributed by atoms with E-state index in [2.05, 4.69) is 12.2 Å². The first-order chi connectivity index (χ1) is 9.22. The maximum Gasteiger partial charge on any atom is 0.305 e. The average Bonchev–Trinajstić information content (AvgIpc) is 2.40. The van der Waals surface area contributed by atoms with Crippen LogP contribution in [0, 0.1) is 6.92 Å². The molecule has 4 nitrogen and oxygen atoms in total. The Morgan fingerprint density at radius 3 is 2.63 bits per heavy atom. The third kappa shape index (κ3) is 7.47. The number of aryl methyl sites for hydroxylation is 1. The third-order valence-electron chi connectivity index (χ3n) is 2.61. The molecule has 1 rings (SSSR count). The molecule has 0 atom stereocenters. The van der Waals surface area contributed by atoms with Gasteiger partial charge in [0.1, 0.15) is 12.4 Å². The average molecular weight is 265 g/mol. The second-order valence-electron chi connectivity index (χ2n) is 4.32. The fourth-order valence-electron chi connectivity index (χ4n) is 1.59. The fourth-order valence-corrected chi connectivity index (χ4v) is 1.59. The zero-order valence-electron chi connectivity index (χ0n) is 11.8. The summed E-state index contributed by atoms with van der Waals surface area (Å²) in [5.41, 5.74) is 1.23. The van der Waals surface area contributed by atoms with Crippen LogP contribution >= 0.6 is 0 Å². The highest BCUT2D eigenvalue weighted by Crippen LogP contribution is 2.10. The van der Waals surface area contributed by atoms with Gasteiger partial charge in [-0.1, -0.05) is 17.7 Å². The summed E-state index contributed by atoms with van der Waals surface area (Å²) in [7, 11) is 0. The van der Waals surface area contributed by atoms with Crippen molar-refractivity contribution in [3.05, 3.63) is 29.8 Å². The molecule has 0 bridgehead atoms. The minimum atomic E-state index is -0.125. The van der Waals surface area contributed by atoms with E-state index in [1.165, 1.54) is 5.56 Å². The van der Waals surface area contributed by atoms with Gasteiger partial charge in [-0.2, -0.15) is 0 Å². The summed E-state index contributed by atoms with van der Waals surface area (Å²) in [6, 6.07) is 8.00. The molecule has 0 saturated heterocycles. The molecule has 0 aromatic heterocycles. The molecule has 4 heteroatoms. The second-order valence-corrected chi connectivity index (χ2v) is 4.32. The summed E-state index contributed by atoms with van der Waals surface area (Å²) >= 11 is 0. The molecule has 0 aliphatic carbocycles. The highest BCUT2D eigenvalue weighted by Gasteiger charge is 2.00. The Balaban J connectivity index is 1.96. The second kappa shape index (κ2) is 9.39. The van der Waals surface area contributed by atoms with Gasteiger partial charge < -0.3 is 14.8 Å². The Hall–Kier alpha value is -1.55. The predicted molar refractivity (Wildman–Crippen MR) is 75.4 cm³/mol. The van der Waals surface area contributed by atoms with Crippen molar-refractivity contribution in [2.75, 3.05) is 26.3 Å². The first kappa shape index (κ1) is 15.5. The van der Waals surface area contributed by atoms with E-state index in [9.17, 15) is 4.79 Å². The minimum absolute atomic E-state index is 0.125. The summed E-state index contributed by atoms with van der Waals surface area (Å²) in [6.07, 6.45) is 1.27. The van der Waals surface area contributed by atoms with Crippen molar-refractivity contribution < 1.29 is 14.3 Å². The first-order valence-electron chi connectivity index (χ1n) is 6.78. The monoisotopic (exact) mass is 265 g/mol. The summed E-state index contributed by atoms with van der Waals surface area (Å²) in [6.45, 7) is 6.53. The Bertz CT molecular complexity index is 362. The number of nitrogens with one attached hydrogen (secondary N) is 1. The maximum atomic E-state index is 11.1. The zero-order valence-corrected chi connectivity index (χ0v) is 11.8. The van der Waals surface area contributed by atoms with Crippen molar-refractivity contribution >= 4 is 5.97 Å². The largest absolute Gasteiger partial charge is 0.492 e. The van der Waals surface area contributed by atoms with Gasteiger partial charge in [-0.15, -0.1) is 0 Å². The third-order valence-corrected chi connectivity index (χ3v) is 2.61. The number of carbonyl (C=O) groups excluding carboxylic acids is 1. The van der Waals surface area contributed by atoms with Gasteiger partial charge in [-0.05, 0) is 38.9 Å². The van der Waals surface area contributed by atoms with Gasteiger partial charge >= 0.3 is 5.97 Å². The number of hydrogen-bond donors (Lipinski definition) is 1. The highest BCUT2D eigenvalue weighted by molar-refractivity contribution is 5.69. The van der Waals surface area contributed by atoms with Crippen LogP contribution in [0.5, 0.6) is 5.75 Å². The smallest absolute Gasteiger partial charge is 0.305 e. The topological polar surface area (TPSA) is 47.6 Å². The Labute approximate surface area is 115 Å². The van der Waals surface area contributed by atoms with Crippen LogP contribution in [-0.4, -0.2) is 32.3 Å². The molecule has 0 unspecified atom stereocenters. The fraction of sp³-hybridized carbons (Fsp3) is 0.533. The van der Waals surface area contributed by atoms with Gasteiger partial charge in [-0.3, -0.25) is 4.79 Å². The van der Waals surface area contributed by atoms with E-state index in [-0.39, 0.29) is 5.97 Å². The number of carbonyl (C=O) groups is 1. The molecule has 0 radical (unpaired) electrons. The molecule has 0 aliphatic rings. The molecule has 0 amide bonds. The van der Waals surface area contributed by atoms with E-state index in [4.69, 9.17) is 9.47 Å². The molecule has 0 heterocycles. The van der Waals surface area contributed by atoms with Crippen LogP contribution in [0.15, 0.2) is 24.3 Å². The lowest BCUT2D eigenvalue weighted by Crippen LogP contribution is -2.22. The van der Waals surface area contributed by atoms with E-state index in [1.807, 2.05) is 31.2 Å². The lowest BCUT2D eigenvalue weighted by molar-refractivity contribution is -0.143. The van der Waals surface area contributed by atoms with Crippen LogP contribution < -0.4 is 10.1 Å². The number of ether oxygens (including phenoxy) is 2. The molecule has 106 valence electrons. The molecule has 19 heavy (non-hydrogen) atoms. The van der Waals surface area contributed by atoms with E-state index >= 15 is 0 Å². The van der Waals surface area contributed by atoms with E-state index in [1.54, 1.807) is 0 Å². The van der Waals surface area contributed by atoms with Gasteiger partial charge in [0.2, 0.25) is 0 Å². The molecule has 1 aromatic carbocycles. The maximum absolute atomic E-state index is 11.1. The zero-order chi connectivity index (χ0) is 13.9. The van der Waals surface area contributed by atoms with Gasteiger partial charge in [-0.25, -0.2) is 0 Å². The quantitative estimate of drug-likeness (QED) is 0.550. The van der Waals surface area contributed by atoms with E-state index < -0.39 is 0 Å². The molecule has 1 aromatic rings. The summed E-state index contributed by atoms with van der Waals surface area (Å²) in [5.74, 6) is 0.763. The first-order valence-corrected chi connectivity index (χ1v) is 6.78. The standard InChI is InChI=1S/C15H23NO3/c1-3-18-15(17)5-4-10-16-11-12-19-14-8-6-13(2)7-9-14/h6-9,16H,3-5,10-12H2,1-2H3. The number of esters is 1. The van der Waals surface area contributed by atoms with Gasteiger partial charge in [0, 0.05) is 13.0 Å². The lowest BCUT2D eigenvalue weighted by Gasteiger charge is -2.07. The number of hydrogen-bond acceptors (Lipinski definition) is 4. The van der Waals surface area contributed by atoms with Gasteiger partial charge in [0.15, 0.2) is 0 Å². The Morgan fingerprint density at radius 2 is 1.95 bits per heavy atom. The van der Waals surface area contributed by atoms with Crippen molar-refractivity contribution in [1.82, 2.24) is 5.32 Å². The van der Waals surface area contributed by atoms with E-state index in [0.717, 1.165) is 25.3 Å². The lowest BCUT2D eigenvalue weighted by atomic mass is 10.2. The van der Waals surface area contributed by atoms with Crippen molar-refractivity contribution in [2.24, 2.45) is 0 Å². The van der Waals surface area contributed by atoms with Crippen LogP contribution in [0.2, 0.25) is 0 Å². The van der Waals surface area contributed by atoms with Crippen molar-refractivity contribution in [3.63, 3.8) is 0 Å². The van der Waals surface area contributed by atoms with E-state index in [0.29, 0.717) is 19.6 Å². The minimum Gasteiger partial charge on any atom is -0.492 e. The molecular weight excluding hydrogens is 242 g/mol. The summed E-state index contributed by atoms with van der Waals surface area (Å²) < 4.78 is 10.4. The number of benzene rings is 1. The molecular formula is C15H23NO3. The van der Waals surface area contributed by atoms with Crippen LogP contribution in [0.4, 0.5) is 0 Å². The number of rotatable bonds is 9. The molecule has 0 spiro atoms. The van der Waals surface area contributed by atoms with Crippen molar-refractivity contribution in [3.8, 4) is 5.75 Å². The summed E-state index contributed by atoms with van der Waals surface area (Å²) in [5, 5.41) is 3.23. The highest BCUT2D eigenvalue weighted by atomic mass is 16.5. The Kier molecular flexibility index (Phi) is 7.66. The Morgan fingerprint density at radius 1 is 1.21 bits per heavy atom. The SMILES string of the molecule is CCOC(=O)CCCNCCOc1ccc(C)cc1. The summed E-state index contributed by atoms with van der Waals surface area (Å²) in [4.78, 5) is 11.1. The van der Waals surface area contributed by atoms with Crippen molar-refractivity contribution in [1.29, 1.82) is 0 Å². The van der Waals surface area contributed by atoms with Crippen molar-refractivity contribution in [2.45, 2.75) is 26.7 Å². The molecule has 0 saturated carbocycles. The van der Waals surface area contributed by atoms with Gasteiger partial charge in [0.25, 0.3) is 0 Å². The van der Waals surface area contributed by atoms with Crippen LogP contribution in [0.3, 0.4) is 0 Å². The normalized spacial score (nSPS) is 10.2. The van der Waals surface area contributed by atoms with Crippen LogP contribution in [0.25, 0.3) is 0 Å².